The molecule has 0 aromatic heterocycles. The summed E-state index contributed by atoms with van der Waals surface area (Å²) in [4.78, 5) is 12.0. The fourth-order valence-electron chi connectivity index (χ4n) is 1.50. The highest BCUT2D eigenvalue weighted by Gasteiger charge is 2.15. The van der Waals surface area contributed by atoms with Gasteiger partial charge in [-0.3, -0.25) is 4.79 Å². The molecule has 6 heteroatoms. The predicted molar refractivity (Wildman–Crippen MR) is 77.9 cm³/mol. The summed E-state index contributed by atoms with van der Waals surface area (Å²) < 4.78 is 14.0. The molecular formula is C13H9BrClFN2O. The summed E-state index contributed by atoms with van der Waals surface area (Å²) in [6.07, 6.45) is 0. The summed E-state index contributed by atoms with van der Waals surface area (Å²) in [7, 11) is 0. The molecule has 3 nitrogen and oxygen atoms in total. The zero-order chi connectivity index (χ0) is 14.0. The standard InChI is InChI=1S/C13H9BrClFN2O/c14-9-3-1-2-8(12(9)16)13(19)18-11-5-4-7(17)6-10(11)15/h1-6H,17H2,(H,18,19). The molecule has 0 radical (unpaired) electrons. The van der Waals surface area contributed by atoms with E-state index in [1.807, 2.05) is 0 Å². The number of amides is 1. The van der Waals surface area contributed by atoms with Crippen LogP contribution in [0.4, 0.5) is 15.8 Å². The first-order valence-electron chi connectivity index (χ1n) is 5.29. The number of hydrogen-bond donors (Lipinski definition) is 2. The quantitative estimate of drug-likeness (QED) is 0.807. The summed E-state index contributed by atoms with van der Waals surface area (Å²) in [6, 6.07) is 9.15. The van der Waals surface area contributed by atoms with Gasteiger partial charge in [0.2, 0.25) is 0 Å². The largest absolute Gasteiger partial charge is 0.399 e. The molecule has 1 amide bonds. The van der Waals surface area contributed by atoms with Crippen LogP contribution in [0.15, 0.2) is 40.9 Å². The highest BCUT2D eigenvalue weighted by Crippen LogP contribution is 2.25. The van der Waals surface area contributed by atoms with Crippen LogP contribution < -0.4 is 11.1 Å². The number of nitrogens with two attached hydrogens (primary N) is 1. The third kappa shape index (κ3) is 3.05. The molecule has 2 aromatic carbocycles. The number of carbonyl (C=O) groups is 1. The lowest BCUT2D eigenvalue weighted by molar-refractivity contribution is 0.102. The molecular weight excluding hydrogens is 335 g/mol. The van der Waals surface area contributed by atoms with Crippen LogP contribution in [0, 0.1) is 5.82 Å². The average Bonchev–Trinajstić information content (AvgIpc) is 2.36. The average molecular weight is 344 g/mol. The zero-order valence-corrected chi connectivity index (χ0v) is 11.9. The van der Waals surface area contributed by atoms with Crippen LogP contribution in [0.25, 0.3) is 0 Å². The number of anilines is 2. The lowest BCUT2D eigenvalue weighted by Crippen LogP contribution is -2.14. The van der Waals surface area contributed by atoms with E-state index in [9.17, 15) is 9.18 Å². The lowest BCUT2D eigenvalue weighted by Gasteiger charge is -2.09. The van der Waals surface area contributed by atoms with Gasteiger partial charge in [-0.05, 0) is 46.3 Å². The zero-order valence-electron chi connectivity index (χ0n) is 9.58. The van der Waals surface area contributed by atoms with E-state index in [-0.39, 0.29) is 10.0 Å². The van der Waals surface area contributed by atoms with Crippen molar-refractivity contribution in [1.29, 1.82) is 0 Å². The van der Waals surface area contributed by atoms with Gasteiger partial charge in [0.05, 0.1) is 20.7 Å². The SMILES string of the molecule is Nc1ccc(NC(=O)c2cccc(Br)c2F)c(Cl)c1. The van der Waals surface area contributed by atoms with Crippen LogP contribution in [0.1, 0.15) is 10.4 Å². The molecule has 0 aliphatic carbocycles. The van der Waals surface area contributed by atoms with Crippen LogP contribution in [0.3, 0.4) is 0 Å². The molecule has 19 heavy (non-hydrogen) atoms. The van der Waals surface area contributed by atoms with Gasteiger partial charge in [0.25, 0.3) is 5.91 Å². The van der Waals surface area contributed by atoms with Crippen molar-refractivity contribution in [3.05, 3.63) is 57.3 Å². The normalized spacial score (nSPS) is 10.3. The second-order valence-corrected chi connectivity index (χ2v) is 5.06. The summed E-state index contributed by atoms with van der Waals surface area (Å²) in [5.74, 6) is -1.20. The fourth-order valence-corrected chi connectivity index (χ4v) is 2.10. The van der Waals surface area contributed by atoms with Crippen LogP contribution >= 0.6 is 27.5 Å². The first kappa shape index (κ1) is 13.8. The number of halogens is 3. The Morgan fingerprint density at radius 2 is 2.05 bits per heavy atom. The maximum absolute atomic E-state index is 13.8. The Kier molecular flexibility index (Phi) is 4.07. The van der Waals surface area contributed by atoms with Crippen molar-refractivity contribution in [2.75, 3.05) is 11.1 Å². The Hall–Kier alpha value is -1.59. The molecule has 0 bridgehead atoms. The maximum atomic E-state index is 13.8. The van der Waals surface area contributed by atoms with Crippen LogP contribution in [-0.4, -0.2) is 5.91 Å². The minimum absolute atomic E-state index is 0.0673. The van der Waals surface area contributed by atoms with E-state index < -0.39 is 11.7 Å². The molecule has 2 rings (SSSR count). The molecule has 0 atom stereocenters. The van der Waals surface area contributed by atoms with E-state index >= 15 is 0 Å². The van der Waals surface area contributed by atoms with Crippen molar-refractivity contribution in [1.82, 2.24) is 0 Å². The van der Waals surface area contributed by atoms with Crippen molar-refractivity contribution in [2.45, 2.75) is 0 Å². The van der Waals surface area contributed by atoms with Crippen molar-refractivity contribution >= 4 is 44.8 Å². The first-order valence-corrected chi connectivity index (χ1v) is 6.46. The highest BCUT2D eigenvalue weighted by molar-refractivity contribution is 9.10. The molecule has 3 N–H and O–H groups in total. The summed E-state index contributed by atoms with van der Waals surface area (Å²) in [5.41, 5.74) is 6.34. The van der Waals surface area contributed by atoms with E-state index in [0.717, 1.165) is 0 Å². The third-order valence-electron chi connectivity index (χ3n) is 2.44. The van der Waals surface area contributed by atoms with Crippen molar-refractivity contribution in [3.63, 3.8) is 0 Å². The van der Waals surface area contributed by atoms with E-state index in [1.165, 1.54) is 18.2 Å². The lowest BCUT2D eigenvalue weighted by atomic mass is 10.2. The predicted octanol–water partition coefficient (Wildman–Crippen LogP) is 4.08. The maximum Gasteiger partial charge on any atom is 0.258 e. The van der Waals surface area contributed by atoms with E-state index in [0.29, 0.717) is 16.4 Å². The monoisotopic (exact) mass is 342 g/mol. The summed E-state index contributed by atoms with van der Waals surface area (Å²) in [6.45, 7) is 0. The Bertz CT molecular complexity index is 649. The minimum atomic E-state index is -0.619. The molecule has 0 fully saturated rings. The van der Waals surface area contributed by atoms with Gasteiger partial charge in [-0.1, -0.05) is 17.7 Å². The van der Waals surface area contributed by atoms with E-state index in [2.05, 4.69) is 21.2 Å². The molecule has 2 aromatic rings. The molecule has 98 valence electrons. The number of rotatable bonds is 2. The molecule has 0 heterocycles. The van der Waals surface area contributed by atoms with E-state index in [4.69, 9.17) is 17.3 Å². The molecule has 0 aliphatic heterocycles. The molecule has 0 unspecified atom stereocenters. The van der Waals surface area contributed by atoms with Crippen molar-refractivity contribution in [3.8, 4) is 0 Å². The topological polar surface area (TPSA) is 55.1 Å². The number of hydrogen-bond acceptors (Lipinski definition) is 2. The third-order valence-corrected chi connectivity index (χ3v) is 3.36. The Morgan fingerprint density at radius 1 is 1.32 bits per heavy atom. The number of carbonyl (C=O) groups excluding carboxylic acids is 1. The highest BCUT2D eigenvalue weighted by atomic mass is 79.9. The molecule has 0 spiro atoms. The van der Waals surface area contributed by atoms with E-state index in [1.54, 1.807) is 18.2 Å². The number of nitrogen functional groups attached to an aromatic ring is 1. The number of benzene rings is 2. The summed E-state index contributed by atoms with van der Waals surface area (Å²) in [5, 5.41) is 2.83. The fraction of sp³-hybridized carbons (Fsp3) is 0. The van der Waals surface area contributed by atoms with Gasteiger partial charge in [-0.25, -0.2) is 4.39 Å². The van der Waals surface area contributed by atoms with Crippen molar-refractivity contribution in [2.24, 2.45) is 0 Å². The summed E-state index contributed by atoms with van der Waals surface area (Å²) >= 11 is 8.96. The second kappa shape index (κ2) is 5.59. The van der Waals surface area contributed by atoms with Gasteiger partial charge in [0, 0.05) is 5.69 Å². The van der Waals surface area contributed by atoms with Gasteiger partial charge in [0.1, 0.15) is 5.82 Å². The molecule has 0 saturated carbocycles. The van der Waals surface area contributed by atoms with Gasteiger partial charge in [-0.15, -0.1) is 0 Å². The van der Waals surface area contributed by atoms with Gasteiger partial charge < -0.3 is 11.1 Å². The Labute approximate surface area is 122 Å². The van der Waals surface area contributed by atoms with Crippen molar-refractivity contribution < 1.29 is 9.18 Å². The van der Waals surface area contributed by atoms with Gasteiger partial charge in [0.15, 0.2) is 0 Å². The molecule has 0 aliphatic rings. The van der Waals surface area contributed by atoms with Crippen LogP contribution in [0.5, 0.6) is 0 Å². The Morgan fingerprint density at radius 3 is 2.74 bits per heavy atom. The second-order valence-electron chi connectivity index (χ2n) is 3.79. The Balaban J connectivity index is 2.28. The number of nitrogens with one attached hydrogen (secondary N) is 1. The smallest absolute Gasteiger partial charge is 0.258 e. The van der Waals surface area contributed by atoms with Crippen LogP contribution in [0.2, 0.25) is 5.02 Å². The first-order chi connectivity index (χ1) is 8.99. The van der Waals surface area contributed by atoms with Crippen LogP contribution in [-0.2, 0) is 0 Å². The molecule has 0 saturated heterocycles. The van der Waals surface area contributed by atoms with Gasteiger partial charge >= 0.3 is 0 Å². The van der Waals surface area contributed by atoms with Gasteiger partial charge in [-0.2, -0.15) is 0 Å². The minimum Gasteiger partial charge on any atom is -0.399 e.